The molecule has 0 unspecified atom stereocenters. The van der Waals surface area contributed by atoms with E-state index in [1.807, 2.05) is 42.1 Å². The van der Waals surface area contributed by atoms with Crippen molar-refractivity contribution >= 4 is 33.5 Å². The Balaban J connectivity index is 1.26. The lowest BCUT2D eigenvalue weighted by atomic mass is 10.1. The van der Waals surface area contributed by atoms with Gasteiger partial charge in [0.2, 0.25) is 0 Å². The van der Waals surface area contributed by atoms with Gasteiger partial charge in [-0.25, -0.2) is 4.98 Å². The third-order valence-electron chi connectivity index (χ3n) is 7.67. The van der Waals surface area contributed by atoms with Crippen LogP contribution in [0.1, 0.15) is 79.2 Å². The molecule has 37 heavy (non-hydrogen) atoms. The van der Waals surface area contributed by atoms with E-state index < -0.39 is 0 Å². The number of nitrogens with zero attached hydrogens (tertiary/aromatic N) is 4. The molecule has 3 aromatic heterocycles. The van der Waals surface area contributed by atoms with Crippen LogP contribution in [0, 0.1) is 6.92 Å². The molecule has 1 atom stereocenters. The minimum atomic E-state index is -0.165. The normalized spacial score (nSPS) is 16.2. The van der Waals surface area contributed by atoms with Crippen molar-refractivity contribution in [2.75, 3.05) is 25.5 Å². The first-order chi connectivity index (χ1) is 18.0. The van der Waals surface area contributed by atoms with Crippen molar-refractivity contribution in [2.45, 2.75) is 70.9 Å². The summed E-state index contributed by atoms with van der Waals surface area (Å²) in [6.45, 7) is 4.79. The van der Waals surface area contributed by atoms with Crippen LogP contribution in [0.4, 0.5) is 5.82 Å². The molecule has 4 N–H and O–H groups in total. The van der Waals surface area contributed by atoms with Gasteiger partial charge in [0.25, 0.3) is 5.91 Å². The summed E-state index contributed by atoms with van der Waals surface area (Å²) in [7, 11) is 2.17. The number of nitrogens with two attached hydrogens (primary N) is 1. The van der Waals surface area contributed by atoms with E-state index in [4.69, 9.17) is 10.8 Å². The number of rotatable bonds is 11. The Labute approximate surface area is 218 Å². The molecule has 0 aliphatic carbocycles. The highest BCUT2D eigenvalue weighted by molar-refractivity contribution is 6.06. The summed E-state index contributed by atoms with van der Waals surface area (Å²) in [4.78, 5) is 23.6. The Morgan fingerprint density at radius 2 is 1.95 bits per heavy atom. The van der Waals surface area contributed by atoms with Crippen LogP contribution in [0.3, 0.4) is 0 Å². The van der Waals surface area contributed by atoms with E-state index in [0.29, 0.717) is 17.4 Å². The Bertz CT molecular complexity index is 1370. The van der Waals surface area contributed by atoms with Gasteiger partial charge >= 0.3 is 0 Å². The second-order valence-corrected chi connectivity index (χ2v) is 10.4. The standard InChI is InChI=1S/C29H39N7O/c1-20-23-12-11-21(17-27(23)36(34-20)15-8-6-4-3-5-7-13-30)29(37)33-28-18-24-22(19-31-28)16-25(32-24)26-10-9-14-35(26)2/h11-12,16-19,26,32H,3-10,13-15,30H2,1-2H3,(H,31,33,37)/t26-/m0/s1. The number of amides is 1. The number of carbonyl (C=O) groups is 1. The molecule has 1 aliphatic heterocycles. The smallest absolute Gasteiger partial charge is 0.256 e. The van der Waals surface area contributed by atoms with E-state index in [2.05, 4.69) is 33.3 Å². The maximum absolute atomic E-state index is 13.1. The van der Waals surface area contributed by atoms with Gasteiger partial charge in [-0.05, 0) is 70.9 Å². The molecule has 0 radical (unpaired) electrons. The fraction of sp³-hybridized carbons (Fsp3) is 0.483. The molecule has 1 aliphatic rings. The molecule has 196 valence electrons. The summed E-state index contributed by atoms with van der Waals surface area (Å²) >= 11 is 0. The molecule has 1 amide bonds. The van der Waals surface area contributed by atoms with Crippen LogP contribution in [0.2, 0.25) is 0 Å². The maximum Gasteiger partial charge on any atom is 0.256 e. The number of likely N-dealkylation sites (tertiary alicyclic amines) is 1. The lowest BCUT2D eigenvalue weighted by molar-refractivity contribution is 0.102. The van der Waals surface area contributed by atoms with Gasteiger partial charge in [-0.15, -0.1) is 0 Å². The maximum atomic E-state index is 13.1. The number of aromatic amines is 1. The third kappa shape index (κ3) is 5.70. The second kappa shape index (κ2) is 11.4. The summed E-state index contributed by atoms with van der Waals surface area (Å²) in [6, 6.07) is 10.3. The number of aryl methyl sites for hydroxylation is 2. The monoisotopic (exact) mass is 501 g/mol. The van der Waals surface area contributed by atoms with Gasteiger partial charge in [0.15, 0.2) is 0 Å². The van der Waals surface area contributed by atoms with E-state index >= 15 is 0 Å². The molecule has 8 nitrogen and oxygen atoms in total. The second-order valence-electron chi connectivity index (χ2n) is 10.4. The van der Waals surface area contributed by atoms with Crippen molar-refractivity contribution in [1.29, 1.82) is 0 Å². The minimum Gasteiger partial charge on any atom is -0.357 e. The summed E-state index contributed by atoms with van der Waals surface area (Å²) in [5, 5.41) is 9.89. The van der Waals surface area contributed by atoms with E-state index in [9.17, 15) is 4.79 Å². The average Bonchev–Trinajstić information content (AvgIpc) is 3.59. The fourth-order valence-corrected chi connectivity index (χ4v) is 5.55. The molecule has 0 spiro atoms. The Hall–Kier alpha value is -3.23. The quantitative estimate of drug-likeness (QED) is 0.234. The SMILES string of the molecule is Cc1nn(CCCCCCCCN)c2cc(C(=O)Nc3cc4[nH]c([C@@H]5CCCN5C)cc4cn3)ccc12. The van der Waals surface area contributed by atoms with Gasteiger partial charge in [0.05, 0.1) is 16.7 Å². The molecule has 4 aromatic rings. The van der Waals surface area contributed by atoms with E-state index in [1.165, 1.54) is 37.8 Å². The first kappa shape index (κ1) is 25.4. The molecule has 1 aromatic carbocycles. The number of fused-ring (bicyclic) bond motifs is 2. The zero-order chi connectivity index (χ0) is 25.8. The fourth-order valence-electron chi connectivity index (χ4n) is 5.55. The zero-order valence-corrected chi connectivity index (χ0v) is 22.1. The molecule has 1 saturated heterocycles. The van der Waals surface area contributed by atoms with Crippen molar-refractivity contribution < 1.29 is 4.79 Å². The highest BCUT2D eigenvalue weighted by Gasteiger charge is 2.24. The average molecular weight is 502 g/mol. The van der Waals surface area contributed by atoms with Crippen LogP contribution in [0.25, 0.3) is 21.8 Å². The molecule has 0 saturated carbocycles. The highest BCUT2D eigenvalue weighted by Crippen LogP contribution is 2.32. The Morgan fingerprint density at radius 3 is 2.73 bits per heavy atom. The highest BCUT2D eigenvalue weighted by atomic mass is 16.1. The predicted molar refractivity (Wildman–Crippen MR) is 150 cm³/mol. The van der Waals surface area contributed by atoms with Crippen LogP contribution >= 0.6 is 0 Å². The van der Waals surface area contributed by atoms with Crippen LogP contribution in [-0.4, -0.2) is 50.7 Å². The van der Waals surface area contributed by atoms with E-state index in [-0.39, 0.29) is 5.91 Å². The van der Waals surface area contributed by atoms with Gasteiger partial charge < -0.3 is 16.0 Å². The lowest BCUT2D eigenvalue weighted by Gasteiger charge is -2.17. The first-order valence-electron chi connectivity index (χ1n) is 13.7. The largest absolute Gasteiger partial charge is 0.357 e. The number of hydrogen-bond donors (Lipinski definition) is 3. The van der Waals surface area contributed by atoms with Gasteiger partial charge in [0, 0.05) is 46.9 Å². The van der Waals surface area contributed by atoms with Crippen LogP contribution < -0.4 is 11.1 Å². The third-order valence-corrected chi connectivity index (χ3v) is 7.67. The minimum absolute atomic E-state index is 0.165. The summed E-state index contributed by atoms with van der Waals surface area (Å²) in [5.41, 5.74) is 10.4. The van der Waals surface area contributed by atoms with Crippen molar-refractivity contribution in [3.8, 4) is 0 Å². The van der Waals surface area contributed by atoms with Crippen molar-refractivity contribution in [1.82, 2.24) is 24.6 Å². The number of nitrogens with one attached hydrogen (secondary N) is 2. The number of aromatic nitrogens is 4. The Morgan fingerprint density at radius 1 is 1.14 bits per heavy atom. The van der Waals surface area contributed by atoms with Crippen molar-refractivity contribution in [3.05, 3.63) is 53.5 Å². The van der Waals surface area contributed by atoms with Crippen LogP contribution in [0.15, 0.2) is 36.5 Å². The summed E-state index contributed by atoms with van der Waals surface area (Å²) in [6.07, 6.45) is 11.2. The number of unbranched alkanes of at least 4 members (excludes halogenated alkanes) is 5. The number of carbonyl (C=O) groups excluding carboxylic acids is 1. The summed E-state index contributed by atoms with van der Waals surface area (Å²) in [5.74, 6) is 0.381. The lowest BCUT2D eigenvalue weighted by Crippen LogP contribution is -2.17. The number of anilines is 1. The summed E-state index contributed by atoms with van der Waals surface area (Å²) < 4.78 is 2.05. The molecule has 0 bridgehead atoms. The Kier molecular flexibility index (Phi) is 7.86. The molecular weight excluding hydrogens is 462 g/mol. The number of hydrogen-bond acceptors (Lipinski definition) is 5. The van der Waals surface area contributed by atoms with Gasteiger partial charge in [-0.1, -0.05) is 31.7 Å². The number of pyridine rings is 1. The first-order valence-corrected chi connectivity index (χ1v) is 13.7. The zero-order valence-electron chi connectivity index (χ0n) is 22.1. The molecular formula is C29H39N7O. The van der Waals surface area contributed by atoms with E-state index in [0.717, 1.165) is 66.4 Å². The van der Waals surface area contributed by atoms with Gasteiger partial charge in [0.1, 0.15) is 5.82 Å². The van der Waals surface area contributed by atoms with Gasteiger partial charge in [-0.2, -0.15) is 5.10 Å². The number of benzene rings is 1. The van der Waals surface area contributed by atoms with Crippen molar-refractivity contribution in [2.24, 2.45) is 5.73 Å². The molecule has 1 fully saturated rings. The van der Waals surface area contributed by atoms with Crippen molar-refractivity contribution in [3.63, 3.8) is 0 Å². The van der Waals surface area contributed by atoms with Gasteiger partial charge in [-0.3, -0.25) is 14.4 Å². The molecule has 5 rings (SSSR count). The van der Waals surface area contributed by atoms with Crippen LogP contribution in [0.5, 0.6) is 0 Å². The molecule has 8 heteroatoms. The van der Waals surface area contributed by atoms with Crippen LogP contribution in [-0.2, 0) is 6.54 Å². The topological polar surface area (TPSA) is 105 Å². The van der Waals surface area contributed by atoms with E-state index in [1.54, 1.807) is 0 Å². The number of H-pyrrole nitrogens is 1. The predicted octanol–water partition coefficient (Wildman–Crippen LogP) is 5.54. The molecule has 4 heterocycles.